The Hall–Kier alpha value is -2.41. The maximum atomic E-state index is 12.1. The number of rotatable bonds is 3. The number of fused-ring (bicyclic) bond motifs is 1. The number of para-hydroxylation sites is 1. The van der Waals surface area contributed by atoms with Crippen molar-refractivity contribution in [3.05, 3.63) is 48.2 Å². The molecule has 1 aliphatic rings. The summed E-state index contributed by atoms with van der Waals surface area (Å²) in [6.45, 7) is 5.49. The minimum Gasteiger partial charge on any atom is -0.456 e. The van der Waals surface area contributed by atoms with Crippen molar-refractivity contribution >= 4 is 24.5 Å². The van der Waals surface area contributed by atoms with E-state index in [-0.39, 0.29) is 11.4 Å². The van der Waals surface area contributed by atoms with Crippen molar-refractivity contribution in [2.45, 2.75) is 44.2 Å². The van der Waals surface area contributed by atoms with Crippen molar-refractivity contribution in [1.82, 2.24) is 10.3 Å². The van der Waals surface area contributed by atoms with Crippen LogP contribution in [0.25, 0.3) is 0 Å². The lowest BCUT2D eigenvalue weighted by Crippen LogP contribution is -2.49. The Labute approximate surface area is 158 Å². The molecule has 0 fully saturated rings. The van der Waals surface area contributed by atoms with Crippen molar-refractivity contribution in [2.75, 3.05) is 5.32 Å². The van der Waals surface area contributed by atoms with Gasteiger partial charge >= 0.3 is 6.09 Å². The Morgan fingerprint density at radius 2 is 2.00 bits per heavy atom. The van der Waals surface area contributed by atoms with Gasteiger partial charge in [-0.15, -0.1) is 0 Å². The average molecular weight is 373 g/mol. The number of thiol groups is 1. The van der Waals surface area contributed by atoms with E-state index in [2.05, 4.69) is 28.2 Å². The molecule has 138 valence electrons. The third-order valence-electron chi connectivity index (χ3n) is 3.73. The number of pyridine rings is 1. The van der Waals surface area contributed by atoms with Gasteiger partial charge in [0.2, 0.25) is 0 Å². The molecule has 1 amide bonds. The number of benzene rings is 1. The van der Waals surface area contributed by atoms with Crippen LogP contribution in [0.15, 0.2) is 42.6 Å². The molecule has 0 bridgehead atoms. The largest absolute Gasteiger partial charge is 0.456 e. The lowest BCUT2D eigenvalue weighted by Gasteiger charge is -2.32. The van der Waals surface area contributed by atoms with Crippen LogP contribution in [0.4, 0.5) is 10.6 Å². The van der Waals surface area contributed by atoms with Crippen LogP contribution in [0.3, 0.4) is 0 Å². The number of anilines is 1. The molecule has 6 nitrogen and oxygen atoms in total. The fourth-order valence-corrected chi connectivity index (χ4v) is 2.93. The summed E-state index contributed by atoms with van der Waals surface area (Å²) < 4.78 is 11.2. The minimum absolute atomic E-state index is 0.227. The van der Waals surface area contributed by atoms with Gasteiger partial charge in [0.1, 0.15) is 22.9 Å². The van der Waals surface area contributed by atoms with E-state index >= 15 is 0 Å². The van der Waals surface area contributed by atoms with Crippen molar-refractivity contribution in [1.29, 1.82) is 0 Å². The first kappa shape index (κ1) is 18.4. The number of carbonyl (C=O) groups is 1. The summed E-state index contributed by atoms with van der Waals surface area (Å²) in [6.07, 6.45) is 1.78. The number of nitrogens with zero attached hydrogens (tertiary/aromatic N) is 1. The van der Waals surface area contributed by atoms with E-state index in [1.54, 1.807) is 6.20 Å². The Morgan fingerprint density at radius 3 is 2.69 bits per heavy atom. The third-order valence-corrected chi connectivity index (χ3v) is 4.22. The van der Waals surface area contributed by atoms with Crippen molar-refractivity contribution in [3.8, 4) is 11.5 Å². The summed E-state index contributed by atoms with van der Waals surface area (Å²) in [4.78, 5) is 16.5. The number of hydrogen-bond acceptors (Lipinski definition) is 6. The molecular weight excluding hydrogens is 350 g/mol. The van der Waals surface area contributed by atoms with Crippen LogP contribution in [0.2, 0.25) is 0 Å². The topological polar surface area (TPSA) is 72.5 Å². The Bertz CT molecular complexity index is 777. The standard InChI is InChI=1S/C19H23N3O3S/c1-19(2,3)25-18(23)21-15-10-12-9-14(11-20-16(12)22-17(15)26)24-13-7-5-4-6-8-13/h4-9,11,15,17,26H,10H2,1-3H3,(H,20,22)(H,21,23)/t15-,17-/m0/s1. The molecule has 0 saturated carbocycles. The monoisotopic (exact) mass is 373 g/mol. The van der Waals surface area contributed by atoms with E-state index in [9.17, 15) is 4.79 Å². The van der Waals surface area contributed by atoms with Crippen LogP contribution >= 0.6 is 12.6 Å². The Balaban J connectivity index is 1.71. The number of hydrogen-bond donors (Lipinski definition) is 3. The van der Waals surface area contributed by atoms with Gasteiger partial charge in [-0.3, -0.25) is 0 Å². The molecule has 2 atom stereocenters. The molecule has 0 saturated heterocycles. The van der Waals surface area contributed by atoms with Crippen LogP contribution in [0.5, 0.6) is 11.5 Å². The predicted octanol–water partition coefficient (Wildman–Crippen LogP) is 3.99. The molecule has 2 aromatic rings. The summed E-state index contributed by atoms with van der Waals surface area (Å²) in [7, 11) is 0. The number of amides is 1. The van der Waals surface area contributed by atoms with E-state index in [1.807, 2.05) is 57.2 Å². The summed E-state index contributed by atoms with van der Waals surface area (Å²) >= 11 is 4.52. The Morgan fingerprint density at radius 1 is 1.27 bits per heavy atom. The number of carbonyl (C=O) groups excluding carboxylic acids is 1. The molecule has 0 radical (unpaired) electrons. The van der Waals surface area contributed by atoms with Crippen molar-refractivity contribution < 1.29 is 14.3 Å². The molecule has 1 aromatic carbocycles. The normalized spacial score (nSPS) is 19.1. The van der Waals surface area contributed by atoms with Gasteiger partial charge in [-0.25, -0.2) is 9.78 Å². The highest BCUT2D eigenvalue weighted by atomic mass is 32.1. The highest BCUT2D eigenvalue weighted by Gasteiger charge is 2.29. The van der Waals surface area contributed by atoms with Crippen LogP contribution in [0, 0.1) is 0 Å². The molecule has 2 N–H and O–H groups in total. The lowest BCUT2D eigenvalue weighted by molar-refractivity contribution is 0.0504. The van der Waals surface area contributed by atoms with Crippen LogP contribution in [-0.4, -0.2) is 28.1 Å². The van der Waals surface area contributed by atoms with Crippen molar-refractivity contribution in [3.63, 3.8) is 0 Å². The van der Waals surface area contributed by atoms with Crippen LogP contribution in [-0.2, 0) is 11.2 Å². The lowest BCUT2D eigenvalue weighted by atomic mass is 10.0. The number of ether oxygens (including phenoxy) is 2. The maximum Gasteiger partial charge on any atom is 0.407 e. The molecule has 26 heavy (non-hydrogen) atoms. The minimum atomic E-state index is -0.547. The summed E-state index contributed by atoms with van der Waals surface area (Å²) in [5, 5.41) is 5.80. The maximum absolute atomic E-state index is 12.1. The molecule has 7 heteroatoms. The molecule has 3 rings (SSSR count). The SMILES string of the molecule is CC(C)(C)OC(=O)N[C@H]1Cc2cc(Oc3ccccc3)cnc2N[C@H]1S. The van der Waals surface area contributed by atoms with Gasteiger partial charge in [0, 0.05) is 5.56 Å². The second-order valence-corrected chi connectivity index (χ2v) is 7.70. The second kappa shape index (κ2) is 7.45. The zero-order chi connectivity index (χ0) is 18.7. The van der Waals surface area contributed by atoms with Gasteiger partial charge in [-0.05, 0) is 45.4 Å². The van der Waals surface area contributed by atoms with Gasteiger partial charge in [0.25, 0.3) is 0 Å². The number of alkyl carbamates (subject to hydrolysis) is 1. The van der Waals surface area contributed by atoms with Crippen molar-refractivity contribution in [2.24, 2.45) is 0 Å². The summed E-state index contributed by atoms with van der Waals surface area (Å²) in [5.74, 6) is 2.13. The summed E-state index contributed by atoms with van der Waals surface area (Å²) in [6, 6.07) is 11.2. The molecule has 2 heterocycles. The smallest absolute Gasteiger partial charge is 0.407 e. The first-order valence-corrected chi connectivity index (χ1v) is 8.98. The van der Waals surface area contributed by atoms with E-state index in [4.69, 9.17) is 9.47 Å². The fourth-order valence-electron chi connectivity index (χ4n) is 2.63. The molecule has 0 aliphatic carbocycles. The first-order valence-electron chi connectivity index (χ1n) is 8.46. The zero-order valence-electron chi connectivity index (χ0n) is 15.0. The molecular formula is C19H23N3O3S. The fraction of sp³-hybridized carbons (Fsp3) is 0.368. The van der Waals surface area contributed by atoms with Gasteiger partial charge in [0.05, 0.1) is 17.6 Å². The highest BCUT2D eigenvalue weighted by Crippen LogP contribution is 2.29. The Kier molecular flexibility index (Phi) is 5.27. The van der Waals surface area contributed by atoms with E-state index in [1.165, 1.54) is 0 Å². The molecule has 1 aliphatic heterocycles. The van der Waals surface area contributed by atoms with Gasteiger partial charge in [0.15, 0.2) is 0 Å². The van der Waals surface area contributed by atoms with E-state index < -0.39 is 11.7 Å². The van der Waals surface area contributed by atoms with Crippen LogP contribution in [0.1, 0.15) is 26.3 Å². The number of aromatic nitrogens is 1. The van der Waals surface area contributed by atoms with Gasteiger partial charge < -0.3 is 20.1 Å². The highest BCUT2D eigenvalue weighted by molar-refractivity contribution is 7.81. The molecule has 1 aromatic heterocycles. The summed E-state index contributed by atoms with van der Waals surface area (Å²) in [5.41, 5.74) is 0.402. The second-order valence-electron chi connectivity index (χ2n) is 7.14. The quantitative estimate of drug-likeness (QED) is 0.710. The zero-order valence-corrected chi connectivity index (χ0v) is 15.9. The molecule has 0 spiro atoms. The van der Waals surface area contributed by atoms with Gasteiger partial charge in [-0.2, -0.15) is 12.6 Å². The molecule has 0 unspecified atom stereocenters. The average Bonchev–Trinajstić information content (AvgIpc) is 2.55. The van der Waals surface area contributed by atoms with E-state index in [0.29, 0.717) is 12.2 Å². The predicted molar refractivity (Wildman–Crippen MR) is 104 cm³/mol. The van der Waals surface area contributed by atoms with Crippen LogP contribution < -0.4 is 15.4 Å². The number of nitrogens with one attached hydrogen (secondary N) is 2. The first-order chi connectivity index (χ1) is 12.3. The van der Waals surface area contributed by atoms with Gasteiger partial charge in [-0.1, -0.05) is 18.2 Å². The van der Waals surface area contributed by atoms with E-state index in [0.717, 1.165) is 17.1 Å². The third kappa shape index (κ3) is 4.82.